The SMILES string of the molecule is Cc1cc(C)c(N2CC[N+](c3c(C)cc(C)cc3C)(C(Cl)(Cl)Cl)C2)c(C)c1. The van der Waals surface area contributed by atoms with Gasteiger partial charge in [0.2, 0.25) is 0 Å². The number of hydrogen-bond donors (Lipinski definition) is 0. The number of hydrogen-bond acceptors (Lipinski definition) is 1. The van der Waals surface area contributed by atoms with E-state index in [1.165, 1.54) is 39.1 Å². The van der Waals surface area contributed by atoms with Crippen molar-refractivity contribution in [1.82, 2.24) is 4.48 Å². The van der Waals surface area contributed by atoms with Crippen LogP contribution in [0, 0.1) is 41.5 Å². The van der Waals surface area contributed by atoms with Crippen molar-refractivity contribution in [2.24, 2.45) is 0 Å². The fourth-order valence-corrected chi connectivity index (χ4v) is 5.61. The molecular formula is C22H28Cl3N2+. The van der Waals surface area contributed by atoms with Crippen molar-refractivity contribution in [2.45, 2.75) is 45.5 Å². The highest BCUT2D eigenvalue weighted by Crippen LogP contribution is 2.48. The molecule has 1 atom stereocenters. The molecule has 2 nitrogen and oxygen atoms in total. The molecule has 0 N–H and O–H groups in total. The van der Waals surface area contributed by atoms with Crippen molar-refractivity contribution in [3.05, 3.63) is 57.6 Å². The molecule has 146 valence electrons. The van der Waals surface area contributed by atoms with Crippen LogP contribution in [0.2, 0.25) is 0 Å². The van der Waals surface area contributed by atoms with Gasteiger partial charge in [-0.15, -0.1) is 0 Å². The lowest BCUT2D eigenvalue weighted by Crippen LogP contribution is -2.58. The van der Waals surface area contributed by atoms with Gasteiger partial charge in [-0.1, -0.05) is 35.4 Å². The molecule has 2 aromatic rings. The van der Waals surface area contributed by atoms with E-state index in [9.17, 15) is 0 Å². The molecule has 1 aliphatic rings. The zero-order chi connectivity index (χ0) is 20.1. The molecule has 2 aromatic carbocycles. The Morgan fingerprint density at radius 2 is 1.22 bits per heavy atom. The highest BCUT2D eigenvalue weighted by Gasteiger charge is 2.55. The van der Waals surface area contributed by atoms with Crippen LogP contribution in [0.15, 0.2) is 24.3 Å². The summed E-state index contributed by atoms with van der Waals surface area (Å²) in [5.41, 5.74) is 9.81. The van der Waals surface area contributed by atoms with E-state index in [1.54, 1.807) is 0 Å². The summed E-state index contributed by atoms with van der Waals surface area (Å²) in [7, 11) is 0. The summed E-state index contributed by atoms with van der Waals surface area (Å²) in [5, 5.41) is 0. The summed E-state index contributed by atoms with van der Waals surface area (Å²) in [6, 6.07) is 8.83. The fraction of sp³-hybridized carbons (Fsp3) is 0.455. The van der Waals surface area contributed by atoms with E-state index in [2.05, 4.69) is 70.7 Å². The molecule has 1 fully saturated rings. The molecular weight excluding hydrogens is 399 g/mol. The van der Waals surface area contributed by atoms with Crippen LogP contribution in [-0.4, -0.2) is 23.7 Å². The van der Waals surface area contributed by atoms with Crippen molar-refractivity contribution in [3.63, 3.8) is 0 Å². The van der Waals surface area contributed by atoms with Crippen molar-refractivity contribution in [3.8, 4) is 0 Å². The molecule has 1 unspecified atom stereocenters. The molecule has 1 aliphatic heterocycles. The molecule has 0 saturated carbocycles. The van der Waals surface area contributed by atoms with Gasteiger partial charge in [0.25, 0.3) is 0 Å². The lowest BCUT2D eigenvalue weighted by Gasteiger charge is -2.41. The van der Waals surface area contributed by atoms with Crippen LogP contribution in [0.1, 0.15) is 33.4 Å². The van der Waals surface area contributed by atoms with E-state index in [0.29, 0.717) is 11.2 Å². The largest absolute Gasteiger partial charge is 0.336 e. The van der Waals surface area contributed by atoms with Crippen LogP contribution in [0.4, 0.5) is 11.4 Å². The molecule has 0 aromatic heterocycles. The Morgan fingerprint density at radius 3 is 1.67 bits per heavy atom. The first-order valence-corrected chi connectivity index (χ1v) is 10.4. The van der Waals surface area contributed by atoms with Crippen molar-refractivity contribution in [1.29, 1.82) is 0 Å². The number of quaternary nitrogens is 1. The lowest BCUT2D eigenvalue weighted by atomic mass is 10.0. The van der Waals surface area contributed by atoms with E-state index < -0.39 is 3.92 Å². The number of aryl methyl sites for hydroxylation is 6. The molecule has 0 bridgehead atoms. The van der Waals surface area contributed by atoms with Gasteiger partial charge >= 0.3 is 3.92 Å². The number of halogens is 3. The quantitative estimate of drug-likeness (QED) is 0.295. The predicted octanol–water partition coefficient (Wildman–Crippen LogP) is 6.65. The zero-order valence-corrected chi connectivity index (χ0v) is 19.2. The average Bonchev–Trinajstić information content (AvgIpc) is 2.90. The molecule has 0 radical (unpaired) electrons. The number of anilines is 1. The molecule has 0 spiro atoms. The first-order valence-electron chi connectivity index (χ1n) is 9.31. The Morgan fingerprint density at radius 1 is 0.778 bits per heavy atom. The lowest BCUT2D eigenvalue weighted by molar-refractivity contribution is 0.336. The first-order chi connectivity index (χ1) is 12.5. The van der Waals surface area contributed by atoms with E-state index in [1.807, 2.05) is 0 Å². The second kappa shape index (κ2) is 7.15. The van der Waals surface area contributed by atoms with Gasteiger partial charge < -0.3 is 4.90 Å². The van der Waals surface area contributed by atoms with Gasteiger partial charge in [0.1, 0.15) is 12.2 Å². The van der Waals surface area contributed by atoms with Crippen LogP contribution >= 0.6 is 34.8 Å². The van der Waals surface area contributed by atoms with Gasteiger partial charge in [-0.2, -0.15) is 0 Å². The number of alkyl halides is 3. The average molecular weight is 427 g/mol. The minimum Gasteiger partial charge on any atom is -0.318 e. The van der Waals surface area contributed by atoms with Gasteiger partial charge in [0.05, 0.1) is 6.54 Å². The number of nitrogens with zero attached hydrogens (tertiary/aromatic N) is 2. The predicted molar refractivity (Wildman–Crippen MR) is 120 cm³/mol. The van der Waals surface area contributed by atoms with E-state index in [4.69, 9.17) is 34.8 Å². The van der Waals surface area contributed by atoms with Crippen molar-refractivity contribution >= 4 is 46.2 Å². The Balaban J connectivity index is 2.13. The highest BCUT2D eigenvalue weighted by molar-refractivity contribution is 6.68. The third-order valence-electron chi connectivity index (χ3n) is 5.66. The van der Waals surface area contributed by atoms with Crippen LogP contribution in [-0.2, 0) is 0 Å². The van der Waals surface area contributed by atoms with Crippen molar-refractivity contribution < 1.29 is 0 Å². The Bertz CT molecular complexity index is 840. The van der Waals surface area contributed by atoms with Crippen molar-refractivity contribution in [2.75, 3.05) is 24.7 Å². The van der Waals surface area contributed by atoms with Gasteiger partial charge in [-0.05, 0) is 87.5 Å². The van der Waals surface area contributed by atoms with E-state index in [0.717, 1.165) is 18.8 Å². The van der Waals surface area contributed by atoms with Gasteiger partial charge in [0.15, 0.2) is 6.67 Å². The monoisotopic (exact) mass is 425 g/mol. The molecule has 0 amide bonds. The third-order valence-corrected chi connectivity index (χ3v) is 6.63. The number of rotatable bonds is 2. The maximum absolute atomic E-state index is 6.65. The summed E-state index contributed by atoms with van der Waals surface area (Å²) in [4.78, 5) is 2.38. The van der Waals surface area contributed by atoms with Gasteiger partial charge in [-0.25, -0.2) is 4.48 Å². The van der Waals surface area contributed by atoms with E-state index >= 15 is 0 Å². The molecule has 0 aliphatic carbocycles. The van der Waals surface area contributed by atoms with Gasteiger partial charge in [-0.3, -0.25) is 0 Å². The summed E-state index contributed by atoms with van der Waals surface area (Å²) < 4.78 is -1.12. The Hall–Kier alpha value is -0.930. The maximum atomic E-state index is 6.65. The summed E-state index contributed by atoms with van der Waals surface area (Å²) >= 11 is 19.9. The standard InChI is InChI=1S/C22H28Cl3N2/c1-14-9-16(3)20(17(4)10-14)26-7-8-27(13-26,22(23,24)25)21-18(5)11-15(2)12-19(21)6/h9-12H,7-8,13H2,1-6H3/q+1. The normalized spacial score (nSPS) is 20.4. The van der Waals surface area contributed by atoms with E-state index in [-0.39, 0.29) is 0 Å². The van der Waals surface area contributed by atoms with Gasteiger partial charge in [0, 0.05) is 16.8 Å². The Kier molecular flexibility index (Phi) is 5.51. The van der Waals surface area contributed by atoms with Crippen LogP contribution < -0.4 is 9.38 Å². The van der Waals surface area contributed by atoms with Crippen LogP contribution in [0.25, 0.3) is 0 Å². The summed E-state index contributed by atoms with van der Waals surface area (Å²) in [5.74, 6) is 0. The summed E-state index contributed by atoms with van der Waals surface area (Å²) in [6.07, 6.45) is 0. The topological polar surface area (TPSA) is 3.24 Å². The molecule has 3 rings (SSSR count). The molecule has 1 saturated heterocycles. The maximum Gasteiger partial charge on any atom is 0.336 e. The van der Waals surface area contributed by atoms with Crippen LogP contribution in [0.3, 0.4) is 0 Å². The minimum atomic E-state index is -1.44. The molecule has 5 heteroatoms. The smallest absolute Gasteiger partial charge is 0.318 e. The molecule has 27 heavy (non-hydrogen) atoms. The highest BCUT2D eigenvalue weighted by atomic mass is 35.6. The third kappa shape index (κ3) is 3.58. The fourth-order valence-electron chi connectivity index (χ4n) is 4.94. The first kappa shape index (κ1) is 20.8. The van der Waals surface area contributed by atoms with Crippen LogP contribution in [0.5, 0.6) is 0 Å². The second-order valence-electron chi connectivity index (χ2n) is 8.06. The number of benzene rings is 2. The zero-order valence-electron chi connectivity index (χ0n) is 17.0. The second-order valence-corrected chi connectivity index (χ2v) is 10.3. The Labute approximate surface area is 178 Å². The molecule has 1 heterocycles. The minimum absolute atomic E-state index is 0.322. The summed E-state index contributed by atoms with van der Waals surface area (Å²) in [6.45, 7) is 15.1.